The molecular formula is C12H17F2NO3S. The third kappa shape index (κ3) is 5.63. The van der Waals surface area contributed by atoms with Crippen molar-refractivity contribution in [2.75, 3.05) is 18.6 Å². The van der Waals surface area contributed by atoms with Crippen LogP contribution in [0.2, 0.25) is 0 Å². The lowest BCUT2D eigenvalue weighted by molar-refractivity contribution is 0.171. The van der Waals surface area contributed by atoms with Crippen molar-refractivity contribution in [3.63, 3.8) is 0 Å². The van der Waals surface area contributed by atoms with Crippen molar-refractivity contribution >= 4 is 9.84 Å². The van der Waals surface area contributed by atoms with Gasteiger partial charge >= 0.3 is 0 Å². The lowest BCUT2D eigenvalue weighted by atomic mass is 10.1. The smallest absolute Gasteiger partial charge is 0.159 e. The first-order valence-electron chi connectivity index (χ1n) is 5.73. The van der Waals surface area contributed by atoms with Gasteiger partial charge in [-0.3, -0.25) is 0 Å². The highest BCUT2D eigenvalue weighted by molar-refractivity contribution is 7.90. The molecular weight excluding hydrogens is 276 g/mol. The summed E-state index contributed by atoms with van der Waals surface area (Å²) < 4.78 is 47.8. The molecule has 4 nitrogen and oxygen atoms in total. The third-order valence-corrected chi connectivity index (χ3v) is 3.65. The zero-order valence-electron chi connectivity index (χ0n) is 10.7. The molecule has 1 aromatic rings. The zero-order valence-corrected chi connectivity index (χ0v) is 11.5. The van der Waals surface area contributed by atoms with Crippen LogP contribution in [0.15, 0.2) is 18.2 Å². The van der Waals surface area contributed by atoms with E-state index in [2.05, 4.69) is 5.32 Å². The number of halogens is 2. The first kappa shape index (κ1) is 16.0. The van der Waals surface area contributed by atoms with Crippen molar-refractivity contribution in [1.82, 2.24) is 5.32 Å². The molecule has 0 saturated carbocycles. The van der Waals surface area contributed by atoms with Gasteiger partial charge in [-0.2, -0.15) is 0 Å². The average molecular weight is 293 g/mol. The van der Waals surface area contributed by atoms with Crippen LogP contribution in [0, 0.1) is 11.6 Å². The summed E-state index contributed by atoms with van der Waals surface area (Å²) in [6.07, 6.45) is 0.0915. The lowest BCUT2D eigenvalue weighted by Crippen LogP contribution is -2.35. The maximum absolute atomic E-state index is 13.0. The van der Waals surface area contributed by atoms with E-state index in [4.69, 9.17) is 0 Å². The monoisotopic (exact) mass is 293 g/mol. The van der Waals surface area contributed by atoms with Crippen LogP contribution >= 0.6 is 0 Å². The van der Waals surface area contributed by atoms with Crippen molar-refractivity contribution in [2.45, 2.75) is 19.1 Å². The summed E-state index contributed by atoms with van der Waals surface area (Å²) in [5.74, 6) is -2.06. The number of nitrogens with one attached hydrogen (secondary N) is 1. The Balaban J connectivity index is 2.55. The standard InChI is InChI=1S/C12H17F2NO3S/c1-8(7-19(2,17)18)15-6-12(16)9-3-4-10(13)11(14)5-9/h3-5,8,12,15-16H,6-7H2,1-2H3. The predicted octanol–water partition coefficient (Wildman–Crippen LogP) is 1.02. The van der Waals surface area contributed by atoms with Crippen LogP contribution < -0.4 is 5.32 Å². The number of sulfone groups is 1. The van der Waals surface area contributed by atoms with Gasteiger partial charge in [0.15, 0.2) is 11.6 Å². The molecule has 1 aromatic carbocycles. The highest BCUT2D eigenvalue weighted by Gasteiger charge is 2.14. The van der Waals surface area contributed by atoms with E-state index >= 15 is 0 Å². The quantitative estimate of drug-likeness (QED) is 0.822. The largest absolute Gasteiger partial charge is 0.387 e. The molecule has 19 heavy (non-hydrogen) atoms. The molecule has 0 aliphatic rings. The summed E-state index contributed by atoms with van der Waals surface area (Å²) in [5.41, 5.74) is 0.234. The van der Waals surface area contributed by atoms with Gasteiger partial charge in [0.05, 0.1) is 11.9 Å². The van der Waals surface area contributed by atoms with Gasteiger partial charge in [0.25, 0.3) is 0 Å². The Labute approximate surface area is 111 Å². The molecule has 2 atom stereocenters. The molecule has 0 heterocycles. The van der Waals surface area contributed by atoms with E-state index in [-0.39, 0.29) is 23.9 Å². The van der Waals surface area contributed by atoms with E-state index in [0.717, 1.165) is 18.4 Å². The van der Waals surface area contributed by atoms with Crippen molar-refractivity contribution in [2.24, 2.45) is 0 Å². The van der Waals surface area contributed by atoms with E-state index in [1.807, 2.05) is 0 Å². The Hall–Kier alpha value is -1.05. The Morgan fingerprint density at radius 3 is 2.47 bits per heavy atom. The molecule has 7 heteroatoms. The minimum atomic E-state index is -3.10. The molecule has 0 aliphatic heterocycles. The first-order valence-corrected chi connectivity index (χ1v) is 7.79. The maximum atomic E-state index is 13.0. The van der Waals surface area contributed by atoms with Crippen molar-refractivity contribution in [3.05, 3.63) is 35.4 Å². The fourth-order valence-electron chi connectivity index (χ4n) is 1.66. The van der Waals surface area contributed by atoms with Gasteiger partial charge in [-0.25, -0.2) is 17.2 Å². The molecule has 0 amide bonds. The fourth-order valence-corrected chi connectivity index (χ4v) is 2.69. The molecule has 0 spiro atoms. The molecule has 108 valence electrons. The van der Waals surface area contributed by atoms with Crippen LogP contribution in [0.5, 0.6) is 0 Å². The van der Waals surface area contributed by atoms with Gasteiger partial charge in [-0.1, -0.05) is 6.07 Å². The Bertz CT molecular complexity index is 534. The van der Waals surface area contributed by atoms with Gasteiger partial charge in [0.2, 0.25) is 0 Å². The minimum absolute atomic E-state index is 0.0573. The zero-order chi connectivity index (χ0) is 14.6. The van der Waals surface area contributed by atoms with Crippen LogP contribution in [-0.2, 0) is 9.84 Å². The van der Waals surface area contributed by atoms with E-state index in [1.165, 1.54) is 6.07 Å². The predicted molar refractivity (Wildman–Crippen MR) is 68.5 cm³/mol. The molecule has 2 unspecified atom stereocenters. The number of rotatable bonds is 6. The molecule has 0 saturated heterocycles. The molecule has 0 radical (unpaired) electrons. The topological polar surface area (TPSA) is 66.4 Å². The van der Waals surface area contributed by atoms with E-state index in [0.29, 0.717) is 0 Å². The molecule has 0 aromatic heterocycles. The number of aliphatic hydroxyl groups excluding tert-OH is 1. The summed E-state index contributed by atoms with van der Waals surface area (Å²) in [7, 11) is -3.10. The number of hydrogen-bond acceptors (Lipinski definition) is 4. The molecule has 2 N–H and O–H groups in total. The van der Waals surface area contributed by atoms with E-state index in [1.54, 1.807) is 6.92 Å². The van der Waals surface area contributed by atoms with Gasteiger partial charge in [0, 0.05) is 18.8 Å². The Morgan fingerprint density at radius 2 is 1.95 bits per heavy atom. The van der Waals surface area contributed by atoms with Crippen LogP contribution in [0.3, 0.4) is 0 Å². The van der Waals surface area contributed by atoms with E-state index in [9.17, 15) is 22.3 Å². The highest BCUT2D eigenvalue weighted by atomic mass is 32.2. The van der Waals surface area contributed by atoms with Crippen molar-refractivity contribution in [3.8, 4) is 0 Å². The van der Waals surface area contributed by atoms with Crippen molar-refractivity contribution in [1.29, 1.82) is 0 Å². The summed E-state index contributed by atoms with van der Waals surface area (Å²) in [6, 6.07) is 2.80. The summed E-state index contributed by atoms with van der Waals surface area (Å²) in [5, 5.41) is 12.6. The summed E-state index contributed by atoms with van der Waals surface area (Å²) >= 11 is 0. The summed E-state index contributed by atoms with van der Waals surface area (Å²) in [4.78, 5) is 0. The van der Waals surface area contributed by atoms with Crippen molar-refractivity contribution < 1.29 is 22.3 Å². The van der Waals surface area contributed by atoms with Gasteiger partial charge in [-0.05, 0) is 24.6 Å². The SMILES string of the molecule is CC(CS(C)(=O)=O)NCC(O)c1ccc(F)c(F)c1. The molecule has 1 rings (SSSR count). The second-order valence-corrected chi connectivity index (χ2v) is 6.78. The Kier molecular flexibility index (Phi) is 5.39. The summed E-state index contributed by atoms with van der Waals surface area (Å²) in [6.45, 7) is 1.72. The molecule has 0 bridgehead atoms. The van der Waals surface area contributed by atoms with Gasteiger partial charge < -0.3 is 10.4 Å². The van der Waals surface area contributed by atoms with Crippen LogP contribution in [0.25, 0.3) is 0 Å². The second-order valence-electron chi connectivity index (χ2n) is 4.59. The lowest BCUT2D eigenvalue weighted by Gasteiger charge is -2.16. The van der Waals surface area contributed by atoms with Gasteiger partial charge in [-0.15, -0.1) is 0 Å². The minimum Gasteiger partial charge on any atom is -0.387 e. The number of benzene rings is 1. The molecule has 0 aliphatic carbocycles. The Morgan fingerprint density at radius 1 is 1.32 bits per heavy atom. The average Bonchev–Trinajstić information content (AvgIpc) is 2.27. The highest BCUT2D eigenvalue weighted by Crippen LogP contribution is 2.15. The molecule has 0 fully saturated rings. The van der Waals surface area contributed by atoms with Crippen LogP contribution in [0.4, 0.5) is 8.78 Å². The second kappa shape index (κ2) is 6.40. The number of aliphatic hydroxyl groups is 1. The van der Waals surface area contributed by atoms with Crippen LogP contribution in [-0.4, -0.2) is 38.1 Å². The maximum Gasteiger partial charge on any atom is 0.159 e. The van der Waals surface area contributed by atoms with E-state index < -0.39 is 27.6 Å². The fraction of sp³-hybridized carbons (Fsp3) is 0.500. The third-order valence-electron chi connectivity index (χ3n) is 2.54. The normalized spacial score (nSPS) is 15.2. The first-order chi connectivity index (χ1) is 8.69. The number of hydrogen-bond donors (Lipinski definition) is 2. The van der Waals surface area contributed by atoms with Gasteiger partial charge in [0.1, 0.15) is 9.84 Å². The van der Waals surface area contributed by atoms with Crippen LogP contribution in [0.1, 0.15) is 18.6 Å².